The summed E-state index contributed by atoms with van der Waals surface area (Å²) in [7, 11) is 0. The fourth-order valence-electron chi connectivity index (χ4n) is 1.53. The van der Waals surface area contributed by atoms with E-state index in [-0.39, 0.29) is 0 Å². The maximum Gasteiger partial charge on any atom is 0.226 e. The van der Waals surface area contributed by atoms with Crippen molar-refractivity contribution in [3.8, 4) is 5.75 Å². The number of benzene rings is 1. The Bertz CT molecular complexity index is 312. The molecule has 2 atom stereocenters. The molecule has 2 rings (SSSR count). The Hall–Kier alpha value is -1.26. The third-order valence-corrected chi connectivity index (χ3v) is 2.37. The van der Waals surface area contributed by atoms with Crippen molar-refractivity contribution in [1.82, 2.24) is 0 Å². The lowest BCUT2D eigenvalue weighted by molar-refractivity contribution is -0.170. The van der Waals surface area contributed by atoms with Crippen LogP contribution in [-0.4, -0.2) is 24.1 Å². The average Bonchev–Trinajstić information content (AvgIpc) is 2.25. The lowest BCUT2D eigenvalue weighted by Crippen LogP contribution is -2.38. The van der Waals surface area contributed by atoms with E-state index in [0.29, 0.717) is 18.0 Å². The molecule has 0 spiro atoms. The van der Waals surface area contributed by atoms with Gasteiger partial charge in [-0.25, -0.2) is 0 Å². The van der Waals surface area contributed by atoms with Crippen molar-refractivity contribution in [1.29, 1.82) is 0 Å². The predicted octanol–water partition coefficient (Wildman–Crippen LogP) is 1.15. The molecule has 1 aromatic rings. The second-order valence-electron chi connectivity index (χ2n) is 3.64. The Morgan fingerprint density at radius 2 is 2.07 bits per heavy atom. The summed E-state index contributed by atoms with van der Waals surface area (Å²) in [5.41, 5.74) is 6.24. The molecule has 1 heterocycles. The van der Waals surface area contributed by atoms with E-state index in [4.69, 9.17) is 15.2 Å². The summed E-state index contributed by atoms with van der Waals surface area (Å²) in [5.74, 6) is 0.662. The van der Waals surface area contributed by atoms with Crippen LogP contribution in [0.15, 0.2) is 24.3 Å². The van der Waals surface area contributed by atoms with Crippen LogP contribution < -0.4 is 10.5 Å². The van der Waals surface area contributed by atoms with E-state index in [0.717, 1.165) is 12.8 Å². The normalized spacial score (nSPS) is 26.2. The van der Waals surface area contributed by atoms with Crippen molar-refractivity contribution < 1.29 is 14.6 Å². The minimum atomic E-state index is -0.553. The topological polar surface area (TPSA) is 64.7 Å². The Labute approximate surface area is 88.6 Å². The van der Waals surface area contributed by atoms with Crippen molar-refractivity contribution in [3.05, 3.63) is 24.3 Å². The first-order valence-corrected chi connectivity index (χ1v) is 5.07. The molecule has 0 bridgehead atoms. The minimum Gasteiger partial charge on any atom is -0.462 e. The molecule has 82 valence electrons. The molecule has 4 nitrogen and oxygen atoms in total. The van der Waals surface area contributed by atoms with Crippen molar-refractivity contribution in [3.63, 3.8) is 0 Å². The van der Waals surface area contributed by atoms with Gasteiger partial charge in [0.15, 0.2) is 0 Å². The summed E-state index contributed by atoms with van der Waals surface area (Å²) in [5, 5.41) is 9.61. The minimum absolute atomic E-state index is 0.545. The maximum atomic E-state index is 9.61. The molecule has 1 saturated heterocycles. The summed E-state index contributed by atoms with van der Waals surface area (Å²) in [6, 6.07) is 7.04. The van der Waals surface area contributed by atoms with Gasteiger partial charge in [-0.15, -0.1) is 0 Å². The van der Waals surface area contributed by atoms with Crippen LogP contribution in [-0.2, 0) is 4.74 Å². The van der Waals surface area contributed by atoms with Crippen LogP contribution in [0.1, 0.15) is 12.8 Å². The molecule has 0 amide bonds. The number of ether oxygens (including phenoxy) is 2. The van der Waals surface area contributed by atoms with Gasteiger partial charge in [0.05, 0.1) is 6.61 Å². The van der Waals surface area contributed by atoms with E-state index >= 15 is 0 Å². The van der Waals surface area contributed by atoms with Gasteiger partial charge in [-0.2, -0.15) is 0 Å². The van der Waals surface area contributed by atoms with Crippen molar-refractivity contribution in [2.75, 3.05) is 12.3 Å². The van der Waals surface area contributed by atoms with Gasteiger partial charge < -0.3 is 20.3 Å². The van der Waals surface area contributed by atoms with E-state index in [9.17, 15) is 5.11 Å². The molecule has 0 unspecified atom stereocenters. The zero-order valence-corrected chi connectivity index (χ0v) is 8.43. The van der Waals surface area contributed by atoms with Gasteiger partial charge in [0, 0.05) is 5.69 Å². The molecular formula is C11H15NO3. The largest absolute Gasteiger partial charge is 0.462 e. The van der Waals surface area contributed by atoms with E-state index in [1.54, 1.807) is 24.3 Å². The number of rotatable bonds is 2. The molecule has 1 aliphatic heterocycles. The fraction of sp³-hybridized carbons (Fsp3) is 0.455. The molecule has 1 aliphatic rings. The van der Waals surface area contributed by atoms with Crippen LogP contribution in [0.3, 0.4) is 0 Å². The number of aliphatic hydroxyl groups is 1. The van der Waals surface area contributed by atoms with Gasteiger partial charge in [0.1, 0.15) is 11.9 Å². The highest BCUT2D eigenvalue weighted by atomic mass is 16.7. The fourth-order valence-corrected chi connectivity index (χ4v) is 1.53. The number of anilines is 1. The molecule has 1 fully saturated rings. The second-order valence-corrected chi connectivity index (χ2v) is 3.64. The number of hydrogen-bond acceptors (Lipinski definition) is 4. The SMILES string of the molecule is Nc1ccc(O[C@H]2OCCC[C@@H]2O)cc1. The number of nitrogens with two attached hydrogens (primary N) is 1. The van der Waals surface area contributed by atoms with Crippen LogP contribution in [0.2, 0.25) is 0 Å². The summed E-state index contributed by atoms with van der Waals surface area (Å²) in [6.45, 7) is 0.636. The number of aliphatic hydroxyl groups excluding tert-OH is 1. The highest BCUT2D eigenvalue weighted by molar-refractivity contribution is 5.41. The third kappa shape index (κ3) is 2.61. The van der Waals surface area contributed by atoms with Gasteiger partial charge in [0.2, 0.25) is 6.29 Å². The molecule has 15 heavy (non-hydrogen) atoms. The highest BCUT2D eigenvalue weighted by Crippen LogP contribution is 2.20. The highest BCUT2D eigenvalue weighted by Gasteiger charge is 2.25. The van der Waals surface area contributed by atoms with Crippen LogP contribution in [0.25, 0.3) is 0 Å². The van der Waals surface area contributed by atoms with E-state index in [1.807, 2.05) is 0 Å². The van der Waals surface area contributed by atoms with Crippen LogP contribution in [0, 0.1) is 0 Å². The van der Waals surface area contributed by atoms with E-state index in [1.165, 1.54) is 0 Å². The third-order valence-electron chi connectivity index (χ3n) is 2.37. The standard InChI is InChI=1S/C11H15NO3/c12-8-3-5-9(6-4-8)15-11-10(13)2-1-7-14-11/h3-6,10-11,13H,1-2,7,12H2/t10-,11+/m0/s1. The first-order chi connectivity index (χ1) is 7.25. The number of hydrogen-bond donors (Lipinski definition) is 2. The van der Waals surface area contributed by atoms with Crippen molar-refractivity contribution >= 4 is 5.69 Å². The number of nitrogen functional groups attached to an aromatic ring is 1. The average molecular weight is 209 g/mol. The summed E-state index contributed by atoms with van der Waals surface area (Å²) in [4.78, 5) is 0. The van der Waals surface area contributed by atoms with Crippen LogP contribution in [0.4, 0.5) is 5.69 Å². The van der Waals surface area contributed by atoms with Gasteiger partial charge in [-0.05, 0) is 37.1 Å². The van der Waals surface area contributed by atoms with Crippen molar-refractivity contribution in [2.45, 2.75) is 25.2 Å². The van der Waals surface area contributed by atoms with Gasteiger partial charge in [-0.3, -0.25) is 0 Å². The zero-order chi connectivity index (χ0) is 10.7. The molecule has 0 aliphatic carbocycles. The smallest absolute Gasteiger partial charge is 0.226 e. The lowest BCUT2D eigenvalue weighted by atomic mass is 10.1. The van der Waals surface area contributed by atoms with Gasteiger partial charge in [-0.1, -0.05) is 0 Å². The van der Waals surface area contributed by atoms with Gasteiger partial charge >= 0.3 is 0 Å². The summed E-state index contributed by atoms with van der Waals surface area (Å²) >= 11 is 0. The lowest BCUT2D eigenvalue weighted by Gasteiger charge is -2.28. The Kier molecular flexibility index (Phi) is 3.08. The molecule has 0 saturated carbocycles. The Balaban J connectivity index is 1.98. The first kappa shape index (κ1) is 10.3. The molecule has 4 heteroatoms. The van der Waals surface area contributed by atoms with Crippen LogP contribution in [0.5, 0.6) is 5.75 Å². The first-order valence-electron chi connectivity index (χ1n) is 5.07. The Morgan fingerprint density at radius 1 is 1.33 bits per heavy atom. The molecule has 3 N–H and O–H groups in total. The predicted molar refractivity (Wildman–Crippen MR) is 56.5 cm³/mol. The second kappa shape index (κ2) is 4.51. The quantitative estimate of drug-likeness (QED) is 0.717. The molecule has 0 radical (unpaired) electrons. The monoisotopic (exact) mass is 209 g/mol. The zero-order valence-electron chi connectivity index (χ0n) is 8.43. The molecular weight excluding hydrogens is 194 g/mol. The van der Waals surface area contributed by atoms with Gasteiger partial charge in [0.25, 0.3) is 0 Å². The maximum absolute atomic E-state index is 9.61. The van der Waals surface area contributed by atoms with Crippen molar-refractivity contribution in [2.24, 2.45) is 0 Å². The molecule has 0 aromatic heterocycles. The molecule has 1 aromatic carbocycles. The van der Waals surface area contributed by atoms with E-state index < -0.39 is 12.4 Å². The summed E-state index contributed by atoms with van der Waals surface area (Å²) < 4.78 is 10.8. The van der Waals surface area contributed by atoms with E-state index in [2.05, 4.69) is 0 Å². The Morgan fingerprint density at radius 3 is 2.73 bits per heavy atom. The summed E-state index contributed by atoms with van der Waals surface area (Å²) in [6.07, 6.45) is 0.501. The van der Waals surface area contributed by atoms with Crippen LogP contribution >= 0.6 is 0 Å².